The molecule has 204 valence electrons. The van der Waals surface area contributed by atoms with Gasteiger partial charge in [0.1, 0.15) is 5.60 Å². The Morgan fingerprint density at radius 1 is 0.850 bits per heavy atom. The summed E-state index contributed by atoms with van der Waals surface area (Å²) in [7, 11) is 5.66. The molecule has 0 amide bonds. The van der Waals surface area contributed by atoms with Gasteiger partial charge in [0.15, 0.2) is 0 Å². The first-order chi connectivity index (χ1) is 19.3. The quantitative estimate of drug-likeness (QED) is 0.194. The Morgan fingerprint density at radius 2 is 1.57 bits per heavy atom. The van der Waals surface area contributed by atoms with Gasteiger partial charge >= 0.3 is 0 Å². The van der Waals surface area contributed by atoms with Gasteiger partial charge in [0.2, 0.25) is 5.88 Å². The Morgan fingerprint density at radius 3 is 2.30 bits per heavy atom. The van der Waals surface area contributed by atoms with E-state index in [4.69, 9.17) is 32.9 Å². The van der Waals surface area contributed by atoms with Crippen LogP contribution in [0.4, 0.5) is 0 Å². The van der Waals surface area contributed by atoms with Gasteiger partial charge in [-0.05, 0) is 66.2 Å². The van der Waals surface area contributed by atoms with Crippen LogP contribution in [0.25, 0.3) is 21.9 Å². The van der Waals surface area contributed by atoms with E-state index < -0.39 is 11.5 Å². The highest BCUT2D eigenvalue weighted by atomic mass is 35.5. The van der Waals surface area contributed by atoms with Crippen molar-refractivity contribution in [3.8, 4) is 17.0 Å². The maximum Gasteiger partial charge on any atom is 0.217 e. The molecule has 1 heterocycles. The molecule has 1 aromatic heterocycles. The number of benzene rings is 4. The summed E-state index contributed by atoms with van der Waals surface area (Å²) >= 11 is 12.6. The summed E-state index contributed by atoms with van der Waals surface area (Å²) in [5.41, 5.74) is 3.03. The number of nitrogens with zero attached hydrogens (tertiary/aromatic N) is 2. The third kappa shape index (κ3) is 5.59. The summed E-state index contributed by atoms with van der Waals surface area (Å²) in [6.07, 6.45) is 2.24. The highest BCUT2D eigenvalue weighted by Crippen LogP contribution is 2.49. The lowest BCUT2D eigenvalue weighted by Crippen LogP contribution is -2.38. The second kappa shape index (κ2) is 12.0. The molecular weight excluding hydrogens is 539 g/mol. The molecule has 0 radical (unpaired) electrons. The lowest BCUT2D eigenvalue weighted by atomic mass is 9.70. The highest BCUT2D eigenvalue weighted by Gasteiger charge is 2.43. The number of halogens is 2. The third-order valence-electron chi connectivity index (χ3n) is 7.44. The van der Waals surface area contributed by atoms with Crippen molar-refractivity contribution in [2.45, 2.75) is 17.9 Å². The van der Waals surface area contributed by atoms with Crippen LogP contribution in [-0.4, -0.2) is 42.7 Å². The molecule has 0 saturated carbocycles. The molecule has 0 aliphatic rings. The van der Waals surface area contributed by atoms with Crippen molar-refractivity contribution in [1.29, 1.82) is 0 Å². The van der Waals surface area contributed by atoms with Crippen molar-refractivity contribution < 1.29 is 9.84 Å². The summed E-state index contributed by atoms with van der Waals surface area (Å²) in [5.74, 6) is -0.0363. The summed E-state index contributed by atoms with van der Waals surface area (Å²) in [4.78, 5) is 6.81. The van der Waals surface area contributed by atoms with Crippen LogP contribution in [-0.2, 0) is 5.60 Å². The number of fused-ring (bicyclic) bond motifs is 1. The minimum atomic E-state index is -1.31. The summed E-state index contributed by atoms with van der Waals surface area (Å²) in [5, 5.41) is 16.2. The number of aliphatic hydroxyl groups is 1. The first-order valence-corrected chi connectivity index (χ1v) is 14.0. The number of ether oxygens (including phenoxy) is 1. The average Bonchev–Trinajstić information content (AvgIpc) is 2.98. The molecule has 0 fully saturated rings. The van der Waals surface area contributed by atoms with Crippen molar-refractivity contribution in [1.82, 2.24) is 9.88 Å². The van der Waals surface area contributed by atoms with E-state index in [1.165, 1.54) is 0 Å². The zero-order valence-corrected chi connectivity index (χ0v) is 24.3. The molecule has 40 heavy (non-hydrogen) atoms. The molecular formula is C34H32Cl2N2O2. The lowest BCUT2D eigenvalue weighted by Gasteiger charge is -2.39. The molecule has 5 rings (SSSR count). The first-order valence-electron chi connectivity index (χ1n) is 13.2. The van der Waals surface area contributed by atoms with Crippen LogP contribution in [0, 0.1) is 0 Å². The number of pyridine rings is 1. The molecule has 4 nitrogen and oxygen atoms in total. The molecule has 0 bridgehead atoms. The smallest absolute Gasteiger partial charge is 0.217 e. The van der Waals surface area contributed by atoms with Gasteiger partial charge in [-0.1, -0.05) is 102 Å². The van der Waals surface area contributed by atoms with Gasteiger partial charge in [0.05, 0.1) is 17.2 Å². The fourth-order valence-electron chi connectivity index (χ4n) is 5.47. The van der Waals surface area contributed by atoms with Crippen molar-refractivity contribution >= 4 is 34.0 Å². The van der Waals surface area contributed by atoms with Crippen LogP contribution >= 0.6 is 23.2 Å². The van der Waals surface area contributed by atoms with Crippen molar-refractivity contribution in [3.63, 3.8) is 0 Å². The summed E-state index contributed by atoms with van der Waals surface area (Å²) in [6.45, 7) is 0.672. The fourth-order valence-corrected chi connectivity index (χ4v) is 5.77. The number of aromatic nitrogens is 1. The van der Waals surface area contributed by atoms with Crippen LogP contribution < -0.4 is 4.74 Å². The van der Waals surface area contributed by atoms with Crippen LogP contribution in [0.5, 0.6) is 5.88 Å². The van der Waals surface area contributed by atoms with E-state index in [1.807, 2.05) is 68.7 Å². The van der Waals surface area contributed by atoms with E-state index in [-0.39, 0.29) is 0 Å². The summed E-state index contributed by atoms with van der Waals surface area (Å²) in [6, 6.07) is 32.0. The minimum Gasteiger partial charge on any atom is -0.481 e. The van der Waals surface area contributed by atoms with E-state index in [0.29, 0.717) is 28.9 Å². The molecule has 2 atom stereocenters. The normalized spacial score (nSPS) is 13.8. The van der Waals surface area contributed by atoms with E-state index in [9.17, 15) is 5.11 Å². The largest absolute Gasteiger partial charge is 0.481 e. The minimum absolute atomic E-state index is 0.459. The number of hydrogen-bond donors (Lipinski definition) is 1. The molecule has 4 aromatic carbocycles. The van der Waals surface area contributed by atoms with Crippen LogP contribution in [0.15, 0.2) is 103 Å². The van der Waals surface area contributed by atoms with Crippen molar-refractivity contribution in [2.75, 3.05) is 27.7 Å². The van der Waals surface area contributed by atoms with Gasteiger partial charge in [0, 0.05) is 29.8 Å². The molecule has 0 saturated heterocycles. The second-order valence-electron chi connectivity index (χ2n) is 10.3. The molecule has 1 N–H and O–H groups in total. The van der Waals surface area contributed by atoms with E-state index >= 15 is 0 Å². The Bertz CT molecular complexity index is 1620. The summed E-state index contributed by atoms with van der Waals surface area (Å²) < 4.78 is 5.85. The Kier molecular flexibility index (Phi) is 8.43. The highest BCUT2D eigenvalue weighted by molar-refractivity contribution is 6.42. The number of hydrogen-bond acceptors (Lipinski definition) is 4. The van der Waals surface area contributed by atoms with E-state index in [0.717, 1.165) is 38.6 Å². The van der Waals surface area contributed by atoms with Gasteiger partial charge in [-0.15, -0.1) is 0 Å². The van der Waals surface area contributed by atoms with Crippen molar-refractivity contribution in [3.05, 3.63) is 130 Å². The zero-order chi connectivity index (χ0) is 28.3. The van der Waals surface area contributed by atoms with Crippen LogP contribution in [0.3, 0.4) is 0 Å². The lowest BCUT2D eigenvalue weighted by molar-refractivity contribution is 0.00517. The topological polar surface area (TPSA) is 45.6 Å². The average molecular weight is 572 g/mol. The maximum atomic E-state index is 13.1. The van der Waals surface area contributed by atoms with Gasteiger partial charge in [-0.3, -0.25) is 0 Å². The fraction of sp³-hybridized carbons (Fsp3) is 0.206. The maximum absolute atomic E-state index is 13.1. The number of methoxy groups -OCH3 is 1. The zero-order valence-electron chi connectivity index (χ0n) is 22.8. The van der Waals surface area contributed by atoms with Crippen LogP contribution in [0.2, 0.25) is 10.0 Å². The van der Waals surface area contributed by atoms with Gasteiger partial charge < -0.3 is 14.7 Å². The molecule has 0 aliphatic heterocycles. The predicted octanol–water partition coefficient (Wildman–Crippen LogP) is 8.19. The van der Waals surface area contributed by atoms with Gasteiger partial charge in [-0.25, -0.2) is 4.98 Å². The number of rotatable bonds is 9. The third-order valence-corrected chi connectivity index (χ3v) is 8.18. The van der Waals surface area contributed by atoms with Crippen LogP contribution in [0.1, 0.15) is 29.0 Å². The van der Waals surface area contributed by atoms with Gasteiger partial charge in [0.25, 0.3) is 0 Å². The first kappa shape index (κ1) is 28.1. The van der Waals surface area contributed by atoms with Gasteiger partial charge in [-0.2, -0.15) is 0 Å². The molecule has 2 unspecified atom stereocenters. The second-order valence-corrected chi connectivity index (χ2v) is 11.1. The molecule has 6 heteroatoms. The Hall–Kier alpha value is -3.41. The van der Waals surface area contributed by atoms with Crippen molar-refractivity contribution in [2.24, 2.45) is 0 Å². The molecule has 5 aromatic rings. The molecule has 0 aliphatic carbocycles. The SMILES string of the molecule is COc1ncc(-c2ccc(Cl)c(Cl)c2)cc1C(c1ccccc1)C(O)(CCN(C)C)c1cccc2ccccc12. The monoisotopic (exact) mass is 570 g/mol. The van der Waals surface area contributed by atoms with E-state index in [1.54, 1.807) is 19.4 Å². The Labute approximate surface area is 245 Å². The predicted molar refractivity (Wildman–Crippen MR) is 166 cm³/mol. The van der Waals surface area contributed by atoms with E-state index in [2.05, 4.69) is 41.3 Å². The Balaban J connectivity index is 1.80. The standard InChI is InChI=1S/C34H32Cl2N2O2/c1-38(2)19-18-34(39,29-15-9-13-23-10-7-8-14-27(23)29)32(24-11-5-4-6-12-24)28-20-26(22-37-33(28)40-3)25-16-17-30(35)31(36)21-25/h4-17,20-22,32,39H,18-19H2,1-3H3. The molecule has 0 spiro atoms.